The smallest absolute Gasteiger partial charge is 0.347 e. The van der Waals surface area contributed by atoms with E-state index in [2.05, 4.69) is 20.4 Å². The van der Waals surface area contributed by atoms with E-state index in [0.29, 0.717) is 0 Å². The zero-order chi connectivity index (χ0) is 9.99. The zero-order valence-electron chi connectivity index (χ0n) is 5.22. The molecule has 0 amide bonds. The Morgan fingerprint density at radius 3 is 1.92 bits per heavy atom. The van der Waals surface area contributed by atoms with E-state index in [1.54, 1.807) is 0 Å². The number of hydrogen-bond acceptors (Lipinski definition) is 5. The highest BCUT2D eigenvalue weighted by Gasteiger charge is 2.32. The van der Waals surface area contributed by atoms with Crippen LogP contribution in [0.5, 0.6) is 0 Å². The first-order valence-electron chi connectivity index (χ1n) is 2.14. The molecule has 4 N–H and O–H groups in total. The Labute approximate surface area is 72.6 Å². The lowest BCUT2D eigenvalue weighted by molar-refractivity contribution is 0.231. The Morgan fingerprint density at radius 1 is 1.25 bits per heavy atom. The fourth-order valence-electron chi connectivity index (χ4n) is 0.250. The first-order valence-corrected chi connectivity index (χ1v) is 7.66. The molecule has 8 nitrogen and oxygen atoms in total. The maximum atomic E-state index is 10.5. The van der Waals surface area contributed by atoms with Crippen molar-refractivity contribution in [3.63, 3.8) is 0 Å². The molecule has 0 rings (SSSR count). The monoisotopic (exact) mass is 258 g/mol. The summed E-state index contributed by atoms with van der Waals surface area (Å²) in [6.07, 6.45) is 0. The minimum Gasteiger partial charge on any atom is -0.347 e. The minimum absolute atomic E-state index is 2.96. The van der Waals surface area contributed by atoms with E-state index in [-0.39, 0.29) is 0 Å². The van der Waals surface area contributed by atoms with E-state index in [9.17, 15) is 9.13 Å². The van der Waals surface area contributed by atoms with Crippen LogP contribution in [-0.2, 0) is 29.6 Å². The van der Waals surface area contributed by atoms with Gasteiger partial charge in [0.2, 0.25) is 0 Å². The van der Waals surface area contributed by atoms with E-state index in [1.165, 1.54) is 0 Å². The fourth-order valence-corrected chi connectivity index (χ4v) is 3.40. The third-order valence-electron chi connectivity index (χ3n) is 0.403. The maximum absolute atomic E-state index is 10.5. The van der Waals surface area contributed by atoms with Crippen LogP contribution in [0.1, 0.15) is 0 Å². The van der Waals surface area contributed by atoms with Crippen molar-refractivity contribution in [3.05, 3.63) is 0 Å². The summed E-state index contributed by atoms with van der Waals surface area (Å²) in [4.78, 5) is 32.8. The molecule has 0 aromatic carbocycles. The van der Waals surface area contributed by atoms with Gasteiger partial charge >= 0.3 is 15.6 Å². The van der Waals surface area contributed by atoms with Gasteiger partial charge < -0.3 is 19.6 Å². The van der Waals surface area contributed by atoms with E-state index in [1.807, 2.05) is 0 Å². The first kappa shape index (κ1) is 12.9. The second kappa shape index (κ2) is 4.39. The molecule has 0 spiro atoms. The Hall–Kier alpha value is 0.870. The lowest BCUT2D eigenvalue weighted by Crippen LogP contribution is -1.87. The van der Waals surface area contributed by atoms with E-state index >= 15 is 0 Å². The molecule has 12 heavy (non-hydrogen) atoms. The average Bonchev–Trinajstić information content (AvgIpc) is 1.48. The lowest BCUT2D eigenvalue weighted by Gasteiger charge is -2.10. The predicted octanol–water partition coefficient (Wildman–Crippen LogP) is -0.289. The van der Waals surface area contributed by atoms with Gasteiger partial charge in [-0.3, -0.25) is 0 Å². The summed E-state index contributed by atoms with van der Waals surface area (Å²) in [5, 5.41) is 0. The average molecular weight is 258 g/mol. The highest BCUT2D eigenvalue weighted by molar-refractivity contribution is 8.01. The van der Waals surface area contributed by atoms with Crippen molar-refractivity contribution < 1.29 is 37.3 Å². The van der Waals surface area contributed by atoms with Crippen LogP contribution in [0.15, 0.2) is 0 Å². The molecule has 0 saturated carbocycles. The van der Waals surface area contributed by atoms with Gasteiger partial charge in [-0.1, -0.05) is 0 Å². The predicted molar refractivity (Wildman–Crippen MR) is 41.9 cm³/mol. The third kappa shape index (κ3) is 7.52. The highest BCUT2D eigenvalue weighted by atomic mass is 32.4. The summed E-state index contributed by atoms with van der Waals surface area (Å²) >= 11 is 3.99. The first-order chi connectivity index (χ1) is 5.12. The molecule has 12 heteroatoms. The number of phosphoric acid groups is 2. The summed E-state index contributed by atoms with van der Waals surface area (Å²) in [5.41, 5.74) is 0. The summed E-state index contributed by atoms with van der Waals surface area (Å²) in [5.74, 6) is 0. The van der Waals surface area contributed by atoms with Gasteiger partial charge in [-0.25, -0.2) is 13.4 Å². The molecule has 0 aliphatic rings. The van der Waals surface area contributed by atoms with Crippen molar-refractivity contribution in [2.45, 2.75) is 0 Å². The van der Waals surface area contributed by atoms with Gasteiger partial charge in [0.1, 0.15) is 0 Å². The van der Waals surface area contributed by atoms with Crippen molar-refractivity contribution in [2.24, 2.45) is 0 Å². The molecule has 0 fully saturated rings. The Balaban J connectivity index is 4.35. The lowest BCUT2D eigenvalue weighted by atomic mass is 15.7. The quantitative estimate of drug-likeness (QED) is 0.501. The van der Waals surface area contributed by atoms with Gasteiger partial charge in [0, 0.05) is 0 Å². The molecule has 0 radical (unpaired) electrons. The largest absolute Gasteiger partial charge is 0.486 e. The zero-order valence-corrected chi connectivity index (χ0v) is 8.83. The molecule has 0 aromatic heterocycles. The van der Waals surface area contributed by atoms with E-state index < -0.39 is 22.8 Å². The molecule has 0 bridgehead atoms. The molecule has 0 saturated heterocycles. The molecular formula is H5O8P3S. The van der Waals surface area contributed by atoms with Crippen molar-refractivity contribution >= 4 is 34.6 Å². The molecule has 0 aromatic rings. The fraction of sp³-hybridized carbons (Fsp3) is 0. The van der Waals surface area contributed by atoms with Crippen LogP contribution in [0.25, 0.3) is 0 Å². The normalized spacial score (nSPS) is 20.0. The highest BCUT2D eigenvalue weighted by Crippen LogP contribution is 2.60. The van der Waals surface area contributed by atoms with Crippen molar-refractivity contribution in [3.8, 4) is 0 Å². The van der Waals surface area contributed by atoms with Crippen LogP contribution in [0.4, 0.5) is 0 Å². The molecule has 74 valence electrons. The van der Waals surface area contributed by atoms with Crippen molar-refractivity contribution in [2.75, 3.05) is 0 Å². The van der Waals surface area contributed by atoms with Gasteiger partial charge in [0.25, 0.3) is 0 Å². The minimum atomic E-state index is -5.12. The summed E-state index contributed by atoms with van der Waals surface area (Å²) in [6, 6.07) is 0. The van der Waals surface area contributed by atoms with E-state index in [4.69, 9.17) is 19.6 Å². The van der Waals surface area contributed by atoms with Gasteiger partial charge in [0.05, 0.1) is 0 Å². The standard InChI is InChI=1S/H5O8P3S/c1-9(12)7-11(5,6)8-10(2,3)4/h9H,(H,1,12)(H,5,6)(H2,2,3,4). The van der Waals surface area contributed by atoms with Gasteiger partial charge in [-0.2, -0.15) is 4.31 Å². The van der Waals surface area contributed by atoms with Crippen LogP contribution in [0, 0.1) is 0 Å². The van der Waals surface area contributed by atoms with Crippen molar-refractivity contribution in [1.29, 1.82) is 0 Å². The van der Waals surface area contributed by atoms with Crippen LogP contribution in [0.3, 0.4) is 0 Å². The molecule has 2 atom stereocenters. The maximum Gasteiger partial charge on any atom is 0.486 e. The SMILES string of the molecule is O=P(O)(O)OP(=O)(O)O[PH](O)=S. The molecule has 0 heterocycles. The Bertz CT molecular complexity index is 261. The van der Waals surface area contributed by atoms with Crippen LogP contribution >= 0.6 is 22.8 Å². The van der Waals surface area contributed by atoms with Crippen LogP contribution < -0.4 is 0 Å². The van der Waals surface area contributed by atoms with Crippen molar-refractivity contribution in [1.82, 2.24) is 0 Å². The van der Waals surface area contributed by atoms with E-state index in [0.717, 1.165) is 0 Å². The third-order valence-corrected chi connectivity index (χ3v) is 4.30. The topological polar surface area (TPSA) is 134 Å². The molecular weight excluding hydrogens is 253 g/mol. The number of hydrogen-bond donors (Lipinski definition) is 4. The van der Waals surface area contributed by atoms with Gasteiger partial charge in [0.15, 0.2) is 7.15 Å². The summed E-state index contributed by atoms with van der Waals surface area (Å²) in [7, 11) is -13.0. The Morgan fingerprint density at radius 2 is 1.67 bits per heavy atom. The summed E-state index contributed by atoms with van der Waals surface area (Å²) in [6.45, 7) is 0. The molecule has 0 aliphatic heterocycles. The number of rotatable bonds is 4. The van der Waals surface area contributed by atoms with Gasteiger partial charge in [-0.15, -0.1) is 0 Å². The second-order valence-corrected chi connectivity index (χ2v) is 6.28. The second-order valence-electron chi connectivity index (χ2n) is 1.40. The molecule has 0 aliphatic carbocycles. The van der Waals surface area contributed by atoms with Crippen LogP contribution in [-0.4, -0.2) is 19.6 Å². The molecule has 2 unspecified atom stereocenters. The summed E-state index contributed by atoms with van der Waals surface area (Å²) < 4.78 is 27.4. The Kier molecular flexibility index (Phi) is 4.71. The van der Waals surface area contributed by atoms with Crippen LogP contribution in [0.2, 0.25) is 0 Å². The van der Waals surface area contributed by atoms with Gasteiger partial charge in [-0.05, 0) is 11.8 Å².